The SMILES string of the molecule is OCC(Br)Cc1cccc(Cl)c1. The zero-order chi connectivity index (χ0) is 8.97. The molecule has 0 aliphatic rings. The van der Waals surface area contributed by atoms with Crippen molar-refractivity contribution < 1.29 is 5.11 Å². The summed E-state index contributed by atoms with van der Waals surface area (Å²) in [4.78, 5) is 0.121. The molecule has 1 rings (SSSR count). The summed E-state index contributed by atoms with van der Waals surface area (Å²) in [5.41, 5.74) is 1.14. The van der Waals surface area contributed by atoms with Crippen LogP contribution in [0.2, 0.25) is 5.02 Å². The Hall–Kier alpha value is -0.0500. The van der Waals surface area contributed by atoms with Crippen molar-refractivity contribution in [1.29, 1.82) is 0 Å². The number of rotatable bonds is 3. The van der Waals surface area contributed by atoms with E-state index in [-0.39, 0.29) is 11.4 Å². The fraction of sp³-hybridized carbons (Fsp3) is 0.333. The molecule has 0 aliphatic heterocycles. The maximum Gasteiger partial charge on any atom is 0.0559 e. The fourth-order valence-electron chi connectivity index (χ4n) is 0.984. The lowest BCUT2D eigenvalue weighted by Crippen LogP contribution is -2.07. The molecule has 66 valence electrons. The monoisotopic (exact) mass is 248 g/mol. The Bertz CT molecular complexity index is 252. The minimum atomic E-state index is 0.121. The van der Waals surface area contributed by atoms with Crippen LogP contribution in [-0.4, -0.2) is 16.5 Å². The first-order chi connectivity index (χ1) is 5.72. The zero-order valence-electron chi connectivity index (χ0n) is 6.50. The van der Waals surface area contributed by atoms with Crippen molar-refractivity contribution in [2.75, 3.05) is 6.61 Å². The Labute approximate surface area is 85.5 Å². The summed E-state index contributed by atoms with van der Waals surface area (Å²) >= 11 is 9.14. The van der Waals surface area contributed by atoms with Gasteiger partial charge in [-0.3, -0.25) is 0 Å². The third-order valence-corrected chi connectivity index (χ3v) is 2.39. The van der Waals surface area contributed by atoms with Gasteiger partial charge in [0.05, 0.1) is 6.61 Å². The van der Waals surface area contributed by atoms with E-state index in [9.17, 15) is 0 Å². The van der Waals surface area contributed by atoms with Gasteiger partial charge in [0.15, 0.2) is 0 Å². The van der Waals surface area contributed by atoms with Crippen molar-refractivity contribution in [3.05, 3.63) is 34.9 Å². The van der Waals surface area contributed by atoms with E-state index in [1.807, 2.05) is 24.3 Å². The second kappa shape index (κ2) is 4.85. The van der Waals surface area contributed by atoms with Gasteiger partial charge in [-0.25, -0.2) is 0 Å². The average Bonchev–Trinajstić information content (AvgIpc) is 2.04. The molecule has 1 aromatic rings. The molecule has 1 nitrogen and oxygen atoms in total. The Morgan fingerprint density at radius 2 is 2.25 bits per heavy atom. The van der Waals surface area contributed by atoms with Crippen LogP contribution in [0.15, 0.2) is 24.3 Å². The number of aliphatic hydroxyl groups is 1. The van der Waals surface area contributed by atoms with Gasteiger partial charge in [0, 0.05) is 9.85 Å². The number of aliphatic hydroxyl groups excluding tert-OH is 1. The molecule has 0 spiro atoms. The summed E-state index contributed by atoms with van der Waals surface area (Å²) in [7, 11) is 0. The first-order valence-electron chi connectivity index (χ1n) is 3.71. The Morgan fingerprint density at radius 1 is 1.50 bits per heavy atom. The van der Waals surface area contributed by atoms with E-state index in [2.05, 4.69) is 15.9 Å². The van der Waals surface area contributed by atoms with Crippen molar-refractivity contribution in [3.63, 3.8) is 0 Å². The standard InChI is InChI=1S/C9H10BrClO/c10-8(6-12)4-7-2-1-3-9(11)5-7/h1-3,5,8,12H,4,6H2. The molecule has 0 fully saturated rings. The number of hydrogen-bond acceptors (Lipinski definition) is 1. The lowest BCUT2D eigenvalue weighted by Gasteiger charge is -2.05. The smallest absolute Gasteiger partial charge is 0.0559 e. The molecule has 3 heteroatoms. The second-order valence-corrected chi connectivity index (χ2v) is 4.35. The summed E-state index contributed by atoms with van der Waals surface area (Å²) in [5.74, 6) is 0. The molecule has 0 saturated carbocycles. The van der Waals surface area contributed by atoms with Crippen LogP contribution in [0.5, 0.6) is 0 Å². The van der Waals surface area contributed by atoms with Crippen LogP contribution < -0.4 is 0 Å². The van der Waals surface area contributed by atoms with Gasteiger partial charge in [-0.1, -0.05) is 39.7 Å². The maximum atomic E-state index is 8.79. The van der Waals surface area contributed by atoms with E-state index in [0.29, 0.717) is 0 Å². The van der Waals surface area contributed by atoms with E-state index in [1.165, 1.54) is 0 Å². The zero-order valence-corrected chi connectivity index (χ0v) is 8.85. The minimum absolute atomic E-state index is 0.121. The molecule has 0 bridgehead atoms. The van der Waals surface area contributed by atoms with Crippen LogP contribution in [0.1, 0.15) is 5.56 Å². The van der Waals surface area contributed by atoms with Crippen molar-refractivity contribution in [1.82, 2.24) is 0 Å². The fourth-order valence-corrected chi connectivity index (χ4v) is 1.57. The molecule has 0 aromatic heterocycles. The van der Waals surface area contributed by atoms with Crippen LogP contribution in [0.4, 0.5) is 0 Å². The molecule has 1 N–H and O–H groups in total. The van der Waals surface area contributed by atoms with E-state index in [0.717, 1.165) is 17.0 Å². The maximum absolute atomic E-state index is 8.79. The van der Waals surface area contributed by atoms with E-state index in [1.54, 1.807) is 0 Å². The van der Waals surface area contributed by atoms with Gasteiger partial charge >= 0.3 is 0 Å². The van der Waals surface area contributed by atoms with Crippen molar-refractivity contribution in [3.8, 4) is 0 Å². The van der Waals surface area contributed by atoms with Gasteiger partial charge < -0.3 is 5.11 Å². The highest BCUT2D eigenvalue weighted by Gasteiger charge is 2.03. The molecular formula is C9H10BrClO. The molecule has 0 saturated heterocycles. The van der Waals surface area contributed by atoms with Crippen LogP contribution in [0.3, 0.4) is 0 Å². The van der Waals surface area contributed by atoms with Crippen LogP contribution in [-0.2, 0) is 6.42 Å². The predicted molar refractivity (Wildman–Crippen MR) is 55.0 cm³/mol. The summed E-state index contributed by atoms with van der Waals surface area (Å²) in [6.07, 6.45) is 0.803. The molecule has 1 aromatic carbocycles. The summed E-state index contributed by atoms with van der Waals surface area (Å²) < 4.78 is 0. The molecule has 1 unspecified atom stereocenters. The highest BCUT2D eigenvalue weighted by molar-refractivity contribution is 9.09. The van der Waals surface area contributed by atoms with Gasteiger partial charge in [0.2, 0.25) is 0 Å². The van der Waals surface area contributed by atoms with Crippen LogP contribution >= 0.6 is 27.5 Å². The highest BCUT2D eigenvalue weighted by atomic mass is 79.9. The number of halogens is 2. The first kappa shape index (κ1) is 10.0. The van der Waals surface area contributed by atoms with Gasteiger partial charge in [-0.05, 0) is 24.1 Å². The molecule has 0 heterocycles. The molecule has 0 aliphatic carbocycles. The van der Waals surface area contributed by atoms with Gasteiger partial charge in [-0.2, -0.15) is 0 Å². The summed E-state index contributed by atoms with van der Waals surface area (Å²) in [5, 5.41) is 9.53. The second-order valence-electron chi connectivity index (χ2n) is 2.61. The minimum Gasteiger partial charge on any atom is -0.395 e. The predicted octanol–water partition coefficient (Wildman–Crippen LogP) is 2.64. The first-order valence-corrected chi connectivity index (χ1v) is 5.01. The van der Waals surface area contributed by atoms with E-state index < -0.39 is 0 Å². The molecule has 1 atom stereocenters. The van der Waals surface area contributed by atoms with Gasteiger partial charge in [0.1, 0.15) is 0 Å². The van der Waals surface area contributed by atoms with Crippen molar-refractivity contribution >= 4 is 27.5 Å². The third kappa shape index (κ3) is 3.13. The summed E-state index contributed by atoms with van der Waals surface area (Å²) in [6.45, 7) is 0.145. The van der Waals surface area contributed by atoms with Crippen LogP contribution in [0, 0.1) is 0 Å². The van der Waals surface area contributed by atoms with Crippen molar-refractivity contribution in [2.24, 2.45) is 0 Å². The molecule has 0 radical (unpaired) electrons. The lowest BCUT2D eigenvalue weighted by molar-refractivity contribution is 0.296. The Morgan fingerprint density at radius 3 is 2.83 bits per heavy atom. The Kier molecular flexibility index (Phi) is 4.06. The number of alkyl halides is 1. The normalized spacial score (nSPS) is 12.9. The van der Waals surface area contributed by atoms with Gasteiger partial charge in [0.25, 0.3) is 0 Å². The lowest BCUT2D eigenvalue weighted by atomic mass is 10.1. The topological polar surface area (TPSA) is 20.2 Å². The third-order valence-electron chi connectivity index (χ3n) is 1.54. The Balaban J connectivity index is 2.63. The molecule has 0 amide bonds. The van der Waals surface area contributed by atoms with E-state index in [4.69, 9.17) is 16.7 Å². The molecular weight excluding hydrogens is 239 g/mol. The largest absolute Gasteiger partial charge is 0.395 e. The highest BCUT2D eigenvalue weighted by Crippen LogP contribution is 2.14. The van der Waals surface area contributed by atoms with Gasteiger partial charge in [-0.15, -0.1) is 0 Å². The summed E-state index contributed by atoms with van der Waals surface area (Å²) in [6, 6.07) is 7.66. The van der Waals surface area contributed by atoms with Crippen molar-refractivity contribution in [2.45, 2.75) is 11.2 Å². The number of benzene rings is 1. The van der Waals surface area contributed by atoms with Crippen LogP contribution in [0.25, 0.3) is 0 Å². The molecule has 12 heavy (non-hydrogen) atoms. The average molecular weight is 250 g/mol. The quantitative estimate of drug-likeness (QED) is 0.817. The van der Waals surface area contributed by atoms with E-state index >= 15 is 0 Å². The number of hydrogen-bond donors (Lipinski definition) is 1.